The Hall–Kier alpha value is -3.53. The lowest BCUT2D eigenvalue weighted by Crippen LogP contribution is -2.64. The van der Waals surface area contributed by atoms with Crippen LogP contribution < -0.4 is 10.7 Å². The van der Waals surface area contributed by atoms with Gasteiger partial charge in [0.2, 0.25) is 5.91 Å². The van der Waals surface area contributed by atoms with Crippen molar-refractivity contribution in [2.24, 2.45) is 11.3 Å². The van der Waals surface area contributed by atoms with Gasteiger partial charge in [0.25, 0.3) is 5.91 Å². The number of aromatic nitrogens is 4. The smallest absolute Gasteiger partial charge is 0.324 e. The van der Waals surface area contributed by atoms with E-state index < -0.39 is 41.3 Å². The summed E-state index contributed by atoms with van der Waals surface area (Å²) in [4.78, 5) is 74.2. The number of amides is 4. The molecule has 0 aliphatic carbocycles. The lowest BCUT2D eigenvalue weighted by molar-refractivity contribution is -0.155. The minimum atomic E-state index is -1.05. The number of hydrazine groups is 1. The molecule has 0 spiro atoms. The first-order valence-corrected chi connectivity index (χ1v) is 22.0. The van der Waals surface area contributed by atoms with Crippen LogP contribution in [0.1, 0.15) is 83.5 Å². The molecule has 0 unspecified atom stereocenters. The summed E-state index contributed by atoms with van der Waals surface area (Å²) in [5.41, 5.74) is 9.96. The van der Waals surface area contributed by atoms with Gasteiger partial charge in [0.05, 0.1) is 64.6 Å². The molecule has 15 nitrogen and oxygen atoms in total. The number of cyclic esters (lactones) is 1. The summed E-state index contributed by atoms with van der Waals surface area (Å²) in [6.45, 7) is 16.4. The molecule has 20 heteroatoms. The number of hydrogen-bond acceptors (Lipinski definition) is 11. The first-order valence-electron chi connectivity index (χ1n) is 21.1. The van der Waals surface area contributed by atoms with Crippen LogP contribution in [0.4, 0.5) is 4.79 Å². The van der Waals surface area contributed by atoms with Gasteiger partial charge in [0.1, 0.15) is 18.1 Å². The fraction of sp³-hybridized carbons (Fsp3) is 0.568. The molecule has 2 saturated heterocycles. The Bertz CT molecular complexity index is 2260. The molecule has 0 radical (unpaired) electrons. The van der Waals surface area contributed by atoms with Crippen molar-refractivity contribution in [3.05, 3.63) is 52.1 Å². The molecule has 7 rings (SSSR count). The molecular formula is C44H67N9O6S5. The first kappa shape index (κ1) is 54.8. The number of methoxy groups -OCH3 is 1. The molecule has 2 N–H and O–H groups in total. The largest absolute Gasteiger partial charge is 0.464 e. The van der Waals surface area contributed by atoms with Crippen molar-refractivity contribution >= 4 is 100 Å². The normalized spacial score (nSPS) is 19.2. The van der Waals surface area contributed by atoms with Gasteiger partial charge in [0, 0.05) is 61.8 Å². The molecule has 2 fully saturated rings. The molecule has 354 valence electrons. The Morgan fingerprint density at radius 1 is 1.06 bits per heavy atom. The second-order valence-electron chi connectivity index (χ2n) is 17.7. The van der Waals surface area contributed by atoms with Crippen molar-refractivity contribution in [3.8, 4) is 22.6 Å². The number of carbonyl (C=O) groups excluding carboxylic acids is 4. The van der Waals surface area contributed by atoms with E-state index in [-0.39, 0.29) is 91.0 Å². The van der Waals surface area contributed by atoms with Crippen LogP contribution in [0.2, 0.25) is 0 Å². The summed E-state index contributed by atoms with van der Waals surface area (Å²) in [5, 5.41) is 7.00. The zero-order valence-electron chi connectivity index (χ0n) is 38.3. The number of aryl methyl sites for hydroxylation is 1. The van der Waals surface area contributed by atoms with Crippen LogP contribution in [0.25, 0.3) is 33.7 Å². The Morgan fingerprint density at radius 2 is 1.78 bits per heavy atom. The molecule has 6 bridgehead atoms. The number of likely N-dealkylation sites (N-methyl/N-ethyl adjacent to an activating group) is 1. The van der Waals surface area contributed by atoms with E-state index in [4.69, 9.17) is 24.4 Å². The first-order chi connectivity index (χ1) is 28.6. The van der Waals surface area contributed by atoms with E-state index >= 15 is 0 Å². The predicted molar refractivity (Wildman–Crippen MR) is 271 cm³/mol. The average Bonchev–Trinajstić information content (AvgIpc) is 3.80. The Morgan fingerprint density at radius 3 is 2.44 bits per heavy atom. The number of ether oxygens (including phenoxy) is 2. The zero-order chi connectivity index (χ0) is 43.0. The highest BCUT2D eigenvalue weighted by Gasteiger charge is 2.40. The van der Waals surface area contributed by atoms with Gasteiger partial charge in [-0.15, -0.1) is 11.3 Å². The van der Waals surface area contributed by atoms with E-state index in [2.05, 4.69) is 62.1 Å². The SMILES string of the molecule is CCn1c(-c2cccnc2C(C)C)c2c3nc(ccc31)-c1csc(n1)C[C@H](NC(=O)[C@H](C(C)C)N(C)C(=O)N1CC(OC)C1)C(=O)N1CCC[C@H](N1)C(=O)OCC(C)(C)C2.S.S.S.S. The van der Waals surface area contributed by atoms with Crippen molar-refractivity contribution in [1.29, 1.82) is 0 Å². The number of pyridine rings is 2. The molecule has 0 saturated carbocycles. The highest BCUT2D eigenvalue weighted by molar-refractivity contribution is 7.59. The topological polar surface area (TPSA) is 164 Å². The fourth-order valence-corrected chi connectivity index (χ4v) is 9.51. The number of fused-ring (bicyclic) bond motifs is 6. The van der Waals surface area contributed by atoms with Gasteiger partial charge in [-0.25, -0.2) is 20.2 Å². The Labute approximate surface area is 409 Å². The quantitative estimate of drug-likeness (QED) is 0.204. The zero-order valence-corrected chi connectivity index (χ0v) is 43.1. The summed E-state index contributed by atoms with van der Waals surface area (Å²) in [6.07, 6.45) is 3.50. The van der Waals surface area contributed by atoms with Crippen LogP contribution in [0.15, 0.2) is 35.8 Å². The van der Waals surface area contributed by atoms with Gasteiger partial charge in [-0.2, -0.15) is 54.0 Å². The third-order valence-electron chi connectivity index (χ3n) is 11.8. The van der Waals surface area contributed by atoms with Gasteiger partial charge in [-0.1, -0.05) is 41.5 Å². The summed E-state index contributed by atoms with van der Waals surface area (Å²) < 4.78 is 13.7. The number of rotatable bonds is 8. The number of nitrogens with zero attached hydrogens (tertiary/aromatic N) is 7. The average molecular weight is 978 g/mol. The van der Waals surface area contributed by atoms with Crippen molar-refractivity contribution in [2.45, 2.75) is 111 Å². The van der Waals surface area contributed by atoms with Crippen LogP contribution in [0.3, 0.4) is 0 Å². The van der Waals surface area contributed by atoms with Crippen LogP contribution in [0.5, 0.6) is 0 Å². The predicted octanol–water partition coefficient (Wildman–Crippen LogP) is 5.87. The second kappa shape index (κ2) is 22.8. The molecule has 4 aromatic heterocycles. The minimum Gasteiger partial charge on any atom is -0.464 e. The van der Waals surface area contributed by atoms with E-state index in [1.807, 2.05) is 37.6 Å². The van der Waals surface area contributed by atoms with E-state index in [0.717, 1.165) is 33.5 Å². The second-order valence-corrected chi connectivity index (χ2v) is 18.7. The fourth-order valence-electron chi connectivity index (χ4n) is 8.68. The maximum absolute atomic E-state index is 14.5. The summed E-state index contributed by atoms with van der Waals surface area (Å²) in [5.74, 6) is -1.39. The molecule has 3 aliphatic rings. The third kappa shape index (κ3) is 11.3. The highest BCUT2D eigenvalue weighted by Crippen LogP contribution is 2.40. The third-order valence-corrected chi connectivity index (χ3v) is 12.7. The van der Waals surface area contributed by atoms with Crippen molar-refractivity contribution in [3.63, 3.8) is 0 Å². The maximum Gasteiger partial charge on any atom is 0.324 e. The molecular weight excluding hydrogens is 911 g/mol. The number of esters is 1. The number of nitrogens with one attached hydrogen (secondary N) is 2. The number of urea groups is 1. The Kier molecular flexibility index (Phi) is 19.5. The highest BCUT2D eigenvalue weighted by atomic mass is 32.1. The van der Waals surface area contributed by atoms with Crippen LogP contribution in [-0.4, -0.2) is 123 Å². The van der Waals surface area contributed by atoms with Gasteiger partial charge in [0.15, 0.2) is 0 Å². The summed E-state index contributed by atoms with van der Waals surface area (Å²) in [7, 11) is 3.22. The van der Waals surface area contributed by atoms with Crippen LogP contribution in [0, 0.1) is 11.3 Å². The van der Waals surface area contributed by atoms with Crippen molar-refractivity contribution in [1.82, 2.24) is 45.1 Å². The molecule has 3 aliphatic heterocycles. The molecule has 4 amide bonds. The molecule has 4 aromatic rings. The van der Waals surface area contributed by atoms with Gasteiger partial charge < -0.3 is 29.2 Å². The maximum atomic E-state index is 14.5. The van der Waals surface area contributed by atoms with E-state index in [1.54, 1.807) is 19.1 Å². The van der Waals surface area contributed by atoms with Crippen LogP contribution in [-0.2, 0) is 43.2 Å². The molecule has 64 heavy (non-hydrogen) atoms. The van der Waals surface area contributed by atoms with Gasteiger partial charge >= 0.3 is 12.0 Å². The van der Waals surface area contributed by atoms with Crippen molar-refractivity contribution in [2.75, 3.05) is 40.4 Å². The molecule has 7 heterocycles. The van der Waals surface area contributed by atoms with E-state index in [1.165, 1.54) is 21.2 Å². The number of likely N-dealkylation sites (tertiary alicyclic amines) is 1. The monoisotopic (exact) mass is 977 g/mol. The number of carbonyl (C=O) groups is 4. The number of hydrogen-bond donors (Lipinski definition) is 2. The molecule has 0 aromatic carbocycles. The summed E-state index contributed by atoms with van der Waals surface area (Å²) in [6, 6.07) is 5.22. The van der Waals surface area contributed by atoms with Crippen LogP contribution >= 0.6 is 65.3 Å². The van der Waals surface area contributed by atoms with Gasteiger partial charge in [-0.3, -0.25) is 24.4 Å². The molecule has 3 atom stereocenters. The number of thiazole rings is 1. The standard InChI is InChI=1S/C44H59N9O6S.4H2S/c1-10-52-34-16-15-30-33-23-60-35(46-33)19-32(48-40(54)38(26(4)5)50(8)43(57)51-21-27(22-51)58-9)41(55)53-18-12-14-31(49-53)42(56)59-24-44(6,7)20-29(37(34)47-30)39(52)28-13-11-17-45-36(28)25(2)3;;;;/h11,13,15-17,23,25-27,31-32,38,49H,10,12,14,18-22,24H2,1-9H3,(H,48,54);4*1H2/t31-,32-,38-;;;;/m0..../s1. The van der Waals surface area contributed by atoms with E-state index in [9.17, 15) is 19.2 Å². The Balaban J connectivity index is 0.00000272. The minimum absolute atomic E-state index is 0. The lowest BCUT2D eigenvalue weighted by Gasteiger charge is -2.42. The lowest BCUT2D eigenvalue weighted by atomic mass is 9.84. The van der Waals surface area contributed by atoms with E-state index in [0.29, 0.717) is 61.8 Å². The van der Waals surface area contributed by atoms with Crippen molar-refractivity contribution < 1.29 is 28.7 Å². The summed E-state index contributed by atoms with van der Waals surface area (Å²) >= 11 is 1.39. The van der Waals surface area contributed by atoms with Gasteiger partial charge in [-0.05, 0) is 62.3 Å².